The molecule has 1 aromatic rings. The van der Waals surface area contributed by atoms with Gasteiger partial charge < -0.3 is 10.0 Å². The Balaban J connectivity index is 2.07. The van der Waals surface area contributed by atoms with Crippen LogP contribution in [0.15, 0.2) is 30.3 Å². The number of aliphatic carboxylic acids is 1. The Hall–Kier alpha value is -2.28. The van der Waals surface area contributed by atoms with Crippen LogP contribution >= 0.6 is 0 Å². The zero-order valence-corrected chi connectivity index (χ0v) is 10.6. The van der Waals surface area contributed by atoms with Gasteiger partial charge in [-0.15, -0.1) is 0 Å². The molecule has 1 aliphatic rings. The Labute approximate surface area is 112 Å². The van der Waals surface area contributed by atoms with Crippen LogP contribution in [-0.4, -0.2) is 23.7 Å². The quantitative estimate of drug-likeness (QED) is 0.795. The van der Waals surface area contributed by atoms with Gasteiger partial charge in [0.05, 0.1) is 12.5 Å². The molecule has 1 aliphatic carbocycles. The van der Waals surface area contributed by atoms with E-state index in [2.05, 4.69) is 11.0 Å². The smallest absolute Gasteiger partial charge is 0.328 e. The predicted molar refractivity (Wildman–Crippen MR) is 73.7 cm³/mol. The van der Waals surface area contributed by atoms with E-state index in [1.807, 2.05) is 24.3 Å². The van der Waals surface area contributed by atoms with Gasteiger partial charge in [-0.2, -0.15) is 5.26 Å². The first-order chi connectivity index (χ1) is 9.20. The van der Waals surface area contributed by atoms with Gasteiger partial charge in [0.25, 0.3) is 0 Å². The first-order valence-corrected chi connectivity index (χ1v) is 6.35. The van der Waals surface area contributed by atoms with E-state index in [-0.39, 0.29) is 0 Å². The van der Waals surface area contributed by atoms with Gasteiger partial charge in [0, 0.05) is 24.4 Å². The molecule has 0 aromatic heterocycles. The molecule has 0 spiro atoms. The summed E-state index contributed by atoms with van der Waals surface area (Å²) in [5.41, 5.74) is 1.97. The van der Waals surface area contributed by atoms with Crippen LogP contribution in [0.4, 0.5) is 5.69 Å². The molecular formula is C15H16N2O2. The Bertz CT molecular complexity index is 510. The fourth-order valence-electron chi connectivity index (χ4n) is 2.02. The number of carbonyl (C=O) groups is 1. The van der Waals surface area contributed by atoms with Crippen LogP contribution < -0.4 is 4.90 Å². The van der Waals surface area contributed by atoms with Crippen molar-refractivity contribution in [2.24, 2.45) is 0 Å². The number of anilines is 1. The third-order valence-corrected chi connectivity index (χ3v) is 3.10. The summed E-state index contributed by atoms with van der Waals surface area (Å²) in [5.74, 6) is -0.947. The van der Waals surface area contributed by atoms with Crippen LogP contribution in [0.3, 0.4) is 0 Å². The van der Waals surface area contributed by atoms with Crippen molar-refractivity contribution in [3.63, 3.8) is 0 Å². The molecule has 1 N–H and O–H groups in total. The van der Waals surface area contributed by atoms with Crippen LogP contribution in [0, 0.1) is 11.3 Å². The maximum Gasteiger partial charge on any atom is 0.328 e. The van der Waals surface area contributed by atoms with Gasteiger partial charge in [-0.05, 0) is 36.6 Å². The Morgan fingerprint density at radius 2 is 2.11 bits per heavy atom. The molecule has 0 heterocycles. The zero-order valence-electron chi connectivity index (χ0n) is 10.6. The van der Waals surface area contributed by atoms with Crippen molar-refractivity contribution in [1.29, 1.82) is 5.26 Å². The van der Waals surface area contributed by atoms with E-state index in [0.717, 1.165) is 23.9 Å². The van der Waals surface area contributed by atoms with E-state index in [0.29, 0.717) is 12.5 Å². The van der Waals surface area contributed by atoms with Crippen molar-refractivity contribution in [3.05, 3.63) is 35.9 Å². The molecule has 0 atom stereocenters. The molecule has 4 nitrogen and oxygen atoms in total. The highest BCUT2D eigenvalue weighted by Crippen LogP contribution is 2.31. The number of carboxylic acid groups (broad SMARTS) is 1. The molecule has 0 saturated heterocycles. The third kappa shape index (κ3) is 3.85. The number of hydrogen-bond acceptors (Lipinski definition) is 3. The van der Waals surface area contributed by atoms with Crippen molar-refractivity contribution < 1.29 is 9.90 Å². The molecular weight excluding hydrogens is 240 g/mol. The van der Waals surface area contributed by atoms with Crippen molar-refractivity contribution in [1.82, 2.24) is 0 Å². The van der Waals surface area contributed by atoms with Gasteiger partial charge in [-0.25, -0.2) is 4.79 Å². The van der Waals surface area contributed by atoms with Crippen molar-refractivity contribution >= 4 is 17.7 Å². The Morgan fingerprint density at radius 1 is 1.42 bits per heavy atom. The lowest BCUT2D eigenvalue weighted by Gasteiger charge is -2.23. The van der Waals surface area contributed by atoms with Crippen LogP contribution in [-0.2, 0) is 4.79 Å². The third-order valence-electron chi connectivity index (χ3n) is 3.10. The minimum Gasteiger partial charge on any atom is -0.478 e. The van der Waals surface area contributed by atoms with Gasteiger partial charge in [-0.3, -0.25) is 0 Å². The Kier molecular flexibility index (Phi) is 4.19. The van der Waals surface area contributed by atoms with Gasteiger partial charge >= 0.3 is 5.97 Å². The zero-order chi connectivity index (χ0) is 13.7. The largest absolute Gasteiger partial charge is 0.478 e. The second kappa shape index (κ2) is 6.05. The summed E-state index contributed by atoms with van der Waals surface area (Å²) in [7, 11) is 0. The molecule has 0 amide bonds. The molecule has 0 aliphatic heterocycles. The summed E-state index contributed by atoms with van der Waals surface area (Å²) >= 11 is 0. The number of rotatable bonds is 6. The molecule has 98 valence electrons. The maximum atomic E-state index is 10.4. The van der Waals surface area contributed by atoms with Gasteiger partial charge in [-0.1, -0.05) is 12.1 Å². The van der Waals surface area contributed by atoms with Crippen LogP contribution in [0.1, 0.15) is 24.8 Å². The summed E-state index contributed by atoms with van der Waals surface area (Å²) in [6.07, 6.45) is 5.60. The highest BCUT2D eigenvalue weighted by atomic mass is 16.4. The molecule has 19 heavy (non-hydrogen) atoms. The van der Waals surface area contributed by atoms with E-state index in [1.54, 1.807) is 6.08 Å². The second-order valence-corrected chi connectivity index (χ2v) is 4.60. The average molecular weight is 256 g/mol. The first kappa shape index (κ1) is 13.2. The fraction of sp³-hybridized carbons (Fsp3) is 0.333. The summed E-state index contributed by atoms with van der Waals surface area (Å²) in [6, 6.07) is 10.5. The Morgan fingerprint density at radius 3 is 2.63 bits per heavy atom. The van der Waals surface area contributed by atoms with Crippen molar-refractivity contribution in [2.45, 2.75) is 25.3 Å². The summed E-state index contributed by atoms with van der Waals surface area (Å²) in [5, 5.41) is 17.3. The number of nitriles is 1. The lowest BCUT2D eigenvalue weighted by molar-refractivity contribution is -0.131. The van der Waals surface area contributed by atoms with Crippen molar-refractivity contribution in [3.8, 4) is 6.07 Å². The predicted octanol–water partition coefficient (Wildman–Crippen LogP) is 2.67. The lowest BCUT2D eigenvalue weighted by Crippen LogP contribution is -2.26. The van der Waals surface area contributed by atoms with Gasteiger partial charge in [0.1, 0.15) is 0 Å². The minimum atomic E-state index is -0.947. The normalized spacial score (nSPS) is 14.3. The van der Waals surface area contributed by atoms with Gasteiger partial charge in [0.2, 0.25) is 0 Å². The summed E-state index contributed by atoms with van der Waals surface area (Å²) < 4.78 is 0. The van der Waals surface area contributed by atoms with E-state index in [4.69, 9.17) is 10.4 Å². The minimum absolute atomic E-state index is 0.525. The van der Waals surface area contributed by atoms with E-state index in [9.17, 15) is 4.79 Å². The molecule has 0 unspecified atom stereocenters. The molecule has 1 aromatic carbocycles. The molecule has 0 bridgehead atoms. The monoisotopic (exact) mass is 256 g/mol. The SMILES string of the molecule is N#CCCN(c1ccc(/C=C/C(=O)O)cc1)C1CC1. The lowest BCUT2D eigenvalue weighted by atomic mass is 10.1. The number of nitrogens with zero attached hydrogens (tertiary/aromatic N) is 2. The average Bonchev–Trinajstić information content (AvgIpc) is 3.23. The molecule has 0 radical (unpaired) electrons. The van der Waals surface area contributed by atoms with Crippen LogP contribution in [0.5, 0.6) is 0 Å². The summed E-state index contributed by atoms with van der Waals surface area (Å²) in [6.45, 7) is 0.755. The number of hydrogen-bond donors (Lipinski definition) is 1. The van der Waals surface area contributed by atoms with Crippen LogP contribution in [0.25, 0.3) is 6.08 Å². The molecule has 4 heteroatoms. The second-order valence-electron chi connectivity index (χ2n) is 4.60. The van der Waals surface area contributed by atoms with Crippen molar-refractivity contribution in [2.75, 3.05) is 11.4 Å². The molecule has 2 rings (SSSR count). The topological polar surface area (TPSA) is 64.3 Å². The van der Waals surface area contributed by atoms with Gasteiger partial charge in [0.15, 0.2) is 0 Å². The highest BCUT2D eigenvalue weighted by Gasteiger charge is 2.28. The molecule has 1 fully saturated rings. The maximum absolute atomic E-state index is 10.4. The van der Waals surface area contributed by atoms with Crippen LogP contribution in [0.2, 0.25) is 0 Å². The highest BCUT2D eigenvalue weighted by molar-refractivity contribution is 5.85. The molecule has 1 saturated carbocycles. The first-order valence-electron chi connectivity index (χ1n) is 6.35. The fourth-order valence-corrected chi connectivity index (χ4v) is 2.02. The number of carboxylic acids is 1. The summed E-state index contributed by atoms with van der Waals surface area (Å²) in [4.78, 5) is 12.7. The van der Waals surface area contributed by atoms with E-state index in [1.165, 1.54) is 12.8 Å². The van der Waals surface area contributed by atoms with E-state index < -0.39 is 5.97 Å². The number of benzene rings is 1. The van der Waals surface area contributed by atoms with E-state index >= 15 is 0 Å². The standard InChI is InChI=1S/C15H16N2O2/c16-10-1-11-17(14-7-8-14)13-5-2-12(3-6-13)4-9-15(18)19/h2-6,9,14H,1,7-8,11H2,(H,18,19)/b9-4+.